The summed E-state index contributed by atoms with van der Waals surface area (Å²) in [6.07, 6.45) is 1.47. The van der Waals surface area contributed by atoms with Crippen LogP contribution in [0, 0.1) is 5.82 Å². The molecule has 0 aromatic heterocycles. The van der Waals surface area contributed by atoms with Gasteiger partial charge in [0.05, 0.1) is 5.54 Å². The van der Waals surface area contributed by atoms with E-state index in [1.807, 2.05) is 13.8 Å². The van der Waals surface area contributed by atoms with Crippen molar-refractivity contribution in [1.29, 1.82) is 0 Å². The standard InChI is InChI=1S/C13H17ClFNO/c1-3-13(4-2,16-12(17)9-14)10-5-7-11(15)8-6-10/h5-8H,3-4,9H2,1-2H3,(H,16,17). The van der Waals surface area contributed by atoms with Gasteiger partial charge in [-0.25, -0.2) is 4.39 Å². The highest BCUT2D eigenvalue weighted by Gasteiger charge is 2.29. The number of carbonyl (C=O) groups excluding carboxylic acids is 1. The average Bonchev–Trinajstić information content (AvgIpc) is 2.37. The third kappa shape index (κ3) is 3.19. The Labute approximate surface area is 106 Å². The minimum absolute atomic E-state index is 0.0665. The summed E-state index contributed by atoms with van der Waals surface area (Å²) in [6, 6.07) is 6.22. The monoisotopic (exact) mass is 257 g/mol. The Morgan fingerprint density at radius 1 is 1.29 bits per heavy atom. The molecule has 1 aromatic rings. The van der Waals surface area contributed by atoms with Crippen molar-refractivity contribution >= 4 is 17.5 Å². The fraction of sp³-hybridized carbons (Fsp3) is 0.462. The van der Waals surface area contributed by atoms with E-state index in [2.05, 4.69) is 5.32 Å². The predicted octanol–water partition coefficient (Wildman–Crippen LogP) is 3.20. The highest BCUT2D eigenvalue weighted by Crippen LogP contribution is 2.28. The zero-order valence-corrected chi connectivity index (χ0v) is 10.9. The van der Waals surface area contributed by atoms with Gasteiger partial charge in [-0.05, 0) is 30.5 Å². The van der Waals surface area contributed by atoms with E-state index in [-0.39, 0.29) is 17.6 Å². The number of rotatable bonds is 5. The maximum Gasteiger partial charge on any atom is 0.235 e. The fourth-order valence-electron chi connectivity index (χ4n) is 1.98. The van der Waals surface area contributed by atoms with Crippen molar-refractivity contribution in [3.8, 4) is 0 Å². The Balaban J connectivity index is 3.05. The molecular weight excluding hydrogens is 241 g/mol. The Bertz CT molecular complexity index is 374. The van der Waals surface area contributed by atoms with Crippen LogP contribution in [0.15, 0.2) is 24.3 Å². The Morgan fingerprint density at radius 2 is 1.82 bits per heavy atom. The number of alkyl halides is 1. The lowest BCUT2D eigenvalue weighted by molar-refractivity contribution is -0.120. The quantitative estimate of drug-likeness (QED) is 0.807. The van der Waals surface area contributed by atoms with Crippen molar-refractivity contribution in [2.24, 2.45) is 0 Å². The topological polar surface area (TPSA) is 29.1 Å². The number of benzene rings is 1. The van der Waals surface area contributed by atoms with E-state index in [0.717, 1.165) is 18.4 Å². The second kappa shape index (κ2) is 6.01. The summed E-state index contributed by atoms with van der Waals surface area (Å²) < 4.78 is 12.9. The summed E-state index contributed by atoms with van der Waals surface area (Å²) in [7, 11) is 0. The lowest BCUT2D eigenvalue weighted by Crippen LogP contribution is -2.45. The Morgan fingerprint density at radius 3 is 2.24 bits per heavy atom. The normalized spacial score (nSPS) is 11.3. The third-order valence-electron chi connectivity index (χ3n) is 3.10. The minimum atomic E-state index is -0.459. The van der Waals surface area contributed by atoms with Gasteiger partial charge in [-0.15, -0.1) is 11.6 Å². The first kappa shape index (κ1) is 14.0. The SMILES string of the molecule is CCC(CC)(NC(=O)CCl)c1ccc(F)cc1. The number of hydrogen-bond donors (Lipinski definition) is 1. The predicted molar refractivity (Wildman–Crippen MR) is 67.5 cm³/mol. The van der Waals surface area contributed by atoms with E-state index < -0.39 is 5.54 Å². The number of hydrogen-bond acceptors (Lipinski definition) is 1. The lowest BCUT2D eigenvalue weighted by atomic mass is 9.84. The van der Waals surface area contributed by atoms with Crippen LogP contribution in [0.25, 0.3) is 0 Å². The maximum absolute atomic E-state index is 12.9. The van der Waals surface area contributed by atoms with Crippen LogP contribution in [0.1, 0.15) is 32.3 Å². The molecule has 2 nitrogen and oxygen atoms in total. The van der Waals surface area contributed by atoms with Crippen LogP contribution in [-0.4, -0.2) is 11.8 Å². The summed E-state index contributed by atoms with van der Waals surface area (Å²) in [5, 5.41) is 2.92. The zero-order chi connectivity index (χ0) is 12.9. The van der Waals surface area contributed by atoms with Gasteiger partial charge in [0, 0.05) is 0 Å². The van der Waals surface area contributed by atoms with Crippen LogP contribution in [0.2, 0.25) is 0 Å². The molecule has 0 saturated heterocycles. The molecule has 1 aromatic carbocycles. The Kier molecular flexibility index (Phi) is 4.94. The van der Waals surface area contributed by atoms with E-state index in [9.17, 15) is 9.18 Å². The molecule has 1 rings (SSSR count). The van der Waals surface area contributed by atoms with Gasteiger partial charge in [0.1, 0.15) is 11.7 Å². The van der Waals surface area contributed by atoms with E-state index >= 15 is 0 Å². The highest BCUT2D eigenvalue weighted by molar-refractivity contribution is 6.27. The highest BCUT2D eigenvalue weighted by atomic mass is 35.5. The van der Waals surface area contributed by atoms with Crippen molar-refractivity contribution in [1.82, 2.24) is 5.32 Å². The second-order valence-corrected chi connectivity index (χ2v) is 4.25. The van der Waals surface area contributed by atoms with Gasteiger partial charge >= 0.3 is 0 Å². The van der Waals surface area contributed by atoms with Crippen LogP contribution in [0.5, 0.6) is 0 Å². The summed E-state index contributed by atoms with van der Waals surface area (Å²) in [4.78, 5) is 11.5. The van der Waals surface area contributed by atoms with Crippen LogP contribution < -0.4 is 5.32 Å². The molecule has 94 valence electrons. The van der Waals surface area contributed by atoms with Crippen molar-refractivity contribution < 1.29 is 9.18 Å². The molecule has 1 N–H and O–H groups in total. The molecule has 0 aliphatic carbocycles. The van der Waals surface area contributed by atoms with Gasteiger partial charge in [0.25, 0.3) is 0 Å². The number of amides is 1. The summed E-state index contributed by atoms with van der Waals surface area (Å²) >= 11 is 5.51. The van der Waals surface area contributed by atoms with E-state index in [4.69, 9.17) is 11.6 Å². The first-order valence-electron chi connectivity index (χ1n) is 5.71. The molecule has 0 unspecified atom stereocenters. The molecule has 0 aliphatic rings. The molecule has 0 saturated carbocycles. The number of nitrogens with one attached hydrogen (secondary N) is 1. The molecule has 0 bridgehead atoms. The van der Waals surface area contributed by atoms with Gasteiger partial charge in [-0.1, -0.05) is 26.0 Å². The molecule has 1 amide bonds. The second-order valence-electron chi connectivity index (χ2n) is 3.98. The molecular formula is C13H17ClFNO. The fourth-order valence-corrected chi connectivity index (χ4v) is 2.04. The number of carbonyl (C=O) groups is 1. The zero-order valence-electron chi connectivity index (χ0n) is 10.1. The maximum atomic E-state index is 12.9. The van der Waals surface area contributed by atoms with Crippen LogP contribution >= 0.6 is 11.6 Å². The minimum Gasteiger partial charge on any atom is -0.346 e. The van der Waals surface area contributed by atoms with Gasteiger partial charge in [-0.3, -0.25) is 4.79 Å². The smallest absolute Gasteiger partial charge is 0.235 e. The summed E-state index contributed by atoms with van der Waals surface area (Å²) in [5.74, 6) is -0.554. The third-order valence-corrected chi connectivity index (χ3v) is 3.35. The molecule has 0 spiro atoms. The molecule has 0 atom stereocenters. The van der Waals surface area contributed by atoms with Crippen molar-refractivity contribution in [3.63, 3.8) is 0 Å². The molecule has 0 aliphatic heterocycles. The van der Waals surface area contributed by atoms with Crippen LogP contribution in [0.3, 0.4) is 0 Å². The van der Waals surface area contributed by atoms with Gasteiger partial charge in [-0.2, -0.15) is 0 Å². The first-order valence-corrected chi connectivity index (χ1v) is 6.24. The van der Waals surface area contributed by atoms with Crippen molar-refractivity contribution in [2.45, 2.75) is 32.2 Å². The van der Waals surface area contributed by atoms with Gasteiger partial charge < -0.3 is 5.32 Å². The van der Waals surface area contributed by atoms with E-state index in [0.29, 0.717) is 0 Å². The van der Waals surface area contributed by atoms with E-state index in [1.54, 1.807) is 12.1 Å². The van der Waals surface area contributed by atoms with Crippen molar-refractivity contribution in [3.05, 3.63) is 35.6 Å². The first-order chi connectivity index (χ1) is 8.07. The molecule has 0 radical (unpaired) electrons. The van der Waals surface area contributed by atoms with Crippen LogP contribution in [0.4, 0.5) is 4.39 Å². The molecule has 0 heterocycles. The molecule has 17 heavy (non-hydrogen) atoms. The molecule has 0 fully saturated rings. The number of halogens is 2. The summed E-state index contributed by atoms with van der Waals surface area (Å²) in [6.45, 7) is 3.97. The lowest BCUT2D eigenvalue weighted by Gasteiger charge is -2.33. The summed E-state index contributed by atoms with van der Waals surface area (Å²) in [5.41, 5.74) is 0.446. The average molecular weight is 258 g/mol. The van der Waals surface area contributed by atoms with Crippen molar-refractivity contribution in [2.75, 3.05) is 5.88 Å². The Hall–Kier alpha value is -1.09. The van der Waals surface area contributed by atoms with Gasteiger partial charge in [0.15, 0.2) is 0 Å². The van der Waals surface area contributed by atoms with Crippen LogP contribution in [-0.2, 0) is 10.3 Å². The van der Waals surface area contributed by atoms with E-state index in [1.165, 1.54) is 12.1 Å². The molecule has 4 heteroatoms. The van der Waals surface area contributed by atoms with Gasteiger partial charge in [0.2, 0.25) is 5.91 Å². The largest absolute Gasteiger partial charge is 0.346 e.